The smallest absolute Gasteiger partial charge is 0.355 e. The SMILES string of the molecule is CNC(=O)c1ccc(C)c(NC(=O)c2cc(C)n(CC(F)(F)F)c2C)c1. The summed E-state index contributed by atoms with van der Waals surface area (Å²) in [5.74, 6) is -0.826. The lowest BCUT2D eigenvalue weighted by molar-refractivity contribution is -0.141. The van der Waals surface area contributed by atoms with Crippen molar-refractivity contribution < 1.29 is 22.8 Å². The summed E-state index contributed by atoms with van der Waals surface area (Å²) >= 11 is 0. The third-order valence-electron chi connectivity index (χ3n) is 4.13. The third-order valence-corrected chi connectivity index (χ3v) is 4.13. The van der Waals surface area contributed by atoms with E-state index >= 15 is 0 Å². The highest BCUT2D eigenvalue weighted by molar-refractivity contribution is 6.06. The minimum absolute atomic E-state index is 0.163. The van der Waals surface area contributed by atoms with Gasteiger partial charge < -0.3 is 15.2 Å². The molecule has 1 aromatic carbocycles. The van der Waals surface area contributed by atoms with Crippen LogP contribution in [0.2, 0.25) is 0 Å². The zero-order valence-corrected chi connectivity index (χ0v) is 14.9. The van der Waals surface area contributed by atoms with Crippen molar-refractivity contribution in [3.8, 4) is 0 Å². The van der Waals surface area contributed by atoms with Gasteiger partial charge in [-0.1, -0.05) is 6.07 Å². The number of hydrogen-bond acceptors (Lipinski definition) is 2. The van der Waals surface area contributed by atoms with Gasteiger partial charge in [-0.25, -0.2) is 0 Å². The van der Waals surface area contributed by atoms with Crippen molar-refractivity contribution in [1.82, 2.24) is 9.88 Å². The number of halogens is 3. The maximum atomic E-state index is 12.7. The molecule has 0 saturated heterocycles. The van der Waals surface area contributed by atoms with Gasteiger partial charge >= 0.3 is 6.18 Å². The van der Waals surface area contributed by atoms with E-state index in [-0.39, 0.29) is 17.2 Å². The Balaban J connectivity index is 2.31. The van der Waals surface area contributed by atoms with Crippen LogP contribution in [0, 0.1) is 20.8 Å². The molecule has 26 heavy (non-hydrogen) atoms. The average molecular weight is 367 g/mol. The first kappa shape index (κ1) is 19.6. The van der Waals surface area contributed by atoms with Gasteiger partial charge in [0.25, 0.3) is 11.8 Å². The first-order valence-electron chi connectivity index (χ1n) is 7.91. The van der Waals surface area contributed by atoms with Crippen molar-refractivity contribution in [3.05, 3.63) is 52.3 Å². The number of benzene rings is 1. The molecule has 140 valence electrons. The molecule has 0 saturated carbocycles. The predicted octanol–water partition coefficient (Wildman–Crippen LogP) is 3.59. The normalized spacial score (nSPS) is 11.3. The van der Waals surface area contributed by atoms with E-state index in [4.69, 9.17) is 0 Å². The molecule has 1 aromatic heterocycles. The zero-order chi connectivity index (χ0) is 19.6. The van der Waals surface area contributed by atoms with Gasteiger partial charge in [-0.05, 0) is 44.5 Å². The molecule has 2 amide bonds. The predicted molar refractivity (Wildman–Crippen MR) is 92.5 cm³/mol. The monoisotopic (exact) mass is 367 g/mol. The van der Waals surface area contributed by atoms with Crippen LogP contribution in [0.3, 0.4) is 0 Å². The molecule has 1 heterocycles. The molecule has 0 bridgehead atoms. The van der Waals surface area contributed by atoms with E-state index in [2.05, 4.69) is 10.6 Å². The topological polar surface area (TPSA) is 63.1 Å². The van der Waals surface area contributed by atoms with Crippen LogP contribution in [0.4, 0.5) is 18.9 Å². The van der Waals surface area contributed by atoms with Crippen LogP contribution >= 0.6 is 0 Å². The quantitative estimate of drug-likeness (QED) is 0.868. The van der Waals surface area contributed by atoms with Crippen LogP contribution in [0.1, 0.15) is 37.7 Å². The number of carbonyl (C=O) groups is 2. The van der Waals surface area contributed by atoms with Gasteiger partial charge in [0.15, 0.2) is 0 Å². The molecule has 0 aliphatic carbocycles. The molecular formula is C18H20F3N3O2. The lowest BCUT2D eigenvalue weighted by Crippen LogP contribution is -2.21. The molecule has 0 unspecified atom stereocenters. The average Bonchev–Trinajstić information content (AvgIpc) is 2.83. The summed E-state index contributed by atoms with van der Waals surface area (Å²) in [5.41, 5.74) is 2.28. The van der Waals surface area contributed by atoms with Gasteiger partial charge in [-0.2, -0.15) is 13.2 Å². The Morgan fingerprint density at radius 1 is 1.08 bits per heavy atom. The van der Waals surface area contributed by atoms with E-state index < -0.39 is 18.6 Å². The second-order valence-electron chi connectivity index (χ2n) is 6.05. The number of aryl methyl sites for hydroxylation is 2. The van der Waals surface area contributed by atoms with Gasteiger partial charge in [0, 0.05) is 29.7 Å². The van der Waals surface area contributed by atoms with Crippen LogP contribution in [0.25, 0.3) is 0 Å². The molecule has 5 nitrogen and oxygen atoms in total. The van der Waals surface area contributed by atoms with Crippen LogP contribution in [-0.2, 0) is 6.54 Å². The molecule has 2 aromatic rings. The van der Waals surface area contributed by atoms with E-state index in [1.807, 2.05) is 0 Å². The Morgan fingerprint density at radius 3 is 2.31 bits per heavy atom. The van der Waals surface area contributed by atoms with Gasteiger partial charge in [0.05, 0.1) is 5.56 Å². The standard InChI is InChI=1S/C18H20F3N3O2/c1-10-5-6-13(16(25)22-4)8-15(10)23-17(26)14-7-11(2)24(12(14)3)9-18(19,20)21/h5-8H,9H2,1-4H3,(H,22,25)(H,23,26). The Kier molecular flexibility index (Phi) is 5.44. The molecule has 0 spiro atoms. The molecule has 0 aliphatic heterocycles. The fourth-order valence-electron chi connectivity index (χ4n) is 2.69. The number of anilines is 1. The lowest BCUT2D eigenvalue weighted by atomic mass is 10.1. The number of carbonyl (C=O) groups excluding carboxylic acids is 2. The first-order chi connectivity index (χ1) is 12.0. The number of hydrogen-bond donors (Lipinski definition) is 2. The molecule has 2 N–H and O–H groups in total. The van der Waals surface area contributed by atoms with Crippen LogP contribution in [0.5, 0.6) is 0 Å². The van der Waals surface area contributed by atoms with E-state index in [9.17, 15) is 22.8 Å². The van der Waals surface area contributed by atoms with Crippen molar-refractivity contribution in [2.45, 2.75) is 33.5 Å². The van der Waals surface area contributed by atoms with Gasteiger partial charge in [-0.15, -0.1) is 0 Å². The number of aromatic nitrogens is 1. The molecule has 0 atom stereocenters. The number of alkyl halides is 3. The van der Waals surface area contributed by atoms with Crippen molar-refractivity contribution in [3.63, 3.8) is 0 Å². The summed E-state index contributed by atoms with van der Waals surface area (Å²) in [7, 11) is 1.50. The molecule has 8 heteroatoms. The lowest BCUT2D eigenvalue weighted by Gasteiger charge is -2.13. The molecular weight excluding hydrogens is 347 g/mol. The highest BCUT2D eigenvalue weighted by Crippen LogP contribution is 2.24. The van der Waals surface area contributed by atoms with Crippen molar-refractivity contribution in [1.29, 1.82) is 0 Å². The Hall–Kier alpha value is -2.77. The highest BCUT2D eigenvalue weighted by Gasteiger charge is 2.30. The number of nitrogens with zero attached hydrogens (tertiary/aromatic N) is 1. The van der Waals surface area contributed by atoms with E-state index in [0.29, 0.717) is 16.9 Å². The van der Waals surface area contributed by atoms with Gasteiger partial charge in [0.2, 0.25) is 0 Å². The van der Waals surface area contributed by atoms with Crippen molar-refractivity contribution in [2.24, 2.45) is 0 Å². The van der Waals surface area contributed by atoms with E-state index in [0.717, 1.165) is 10.1 Å². The van der Waals surface area contributed by atoms with Crippen LogP contribution in [0.15, 0.2) is 24.3 Å². The van der Waals surface area contributed by atoms with E-state index in [1.54, 1.807) is 19.1 Å². The fraction of sp³-hybridized carbons (Fsp3) is 0.333. The number of nitrogens with one attached hydrogen (secondary N) is 2. The minimum atomic E-state index is -4.37. The number of rotatable bonds is 4. The van der Waals surface area contributed by atoms with Crippen molar-refractivity contribution in [2.75, 3.05) is 12.4 Å². The highest BCUT2D eigenvalue weighted by atomic mass is 19.4. The van der Waals surface area contributed by atoms with Crippen LogP contribution in [-0.4, -0.2) is 29.6 Å². The second-order valence-corrected chi connectivity index (χ2v) is 6.05. The Bertz CT molecular complexity index is 854. The minimum Gasteiger partial charge on any atom is -0.355 e. The largest absolute Gasteiger partial charge is 0.406 e. The molecule has 0 aliphatic rings. The Morgan fingerprint density at radius 2 is 1.73 bits per heavy atom. The Labute approximate surface area is 149 Å². The maximum Gasteiger partial charge on any atom is 0.406 e. The number of amides is 2. The summed E-state index contributed by atoms with van der Waals surface area (Å²) in [6.07, 6.45) is -4.37. The van der Waals surface area contributed by atoms with E-state index in [1.165, 1.54) is 33.0 Å². The summed E-state index contributed by atoms with van der Waals surface area (Å²) < 4.78 is 39.2. The summed E-state index contributed by atoms with van der Waals surface area (Å²) in [5, 5.41) is 5.17. The summed E-state index contributed by atoms with van der Waals surface area (Å²) in [4.78, 5) is 24.3. The van der Waals surface area contributed by atoms with Crippen LogP contribution < -0.4 is 10.6 Å². The molecule has 2 rings (SSSR count). The van der Waals surface area contributed by atoms with Crippen molar-refractivity contribution >= 4 is 17.5 Å². The zero-order valence-electron chi connectivity index (χ0n) is 14.9. The fourth-order valence-corrected chi connectivity index (χ4v) is 2.69. The summed E-state index contributed by atoms with van der Waals surface area (Å²) in [6, 6.07) is 6.27. The van der Waals surface area contributed by atoms with Gasteiger partial charge in [-0.3, -0.25) is 9.59 Å². The summed E-state index contributed by atoms with van der Waals surface area (Å²) in [6.45, 7) is 3.60. The third kappa shape index (κ3) is 4.25. The second kappa shape index (κ2) is 7.23. The van der Waals surface area contributed by atoms with Gasteiger partial charge in [0.1, 0.15) is 6.54 Å². The first-order valence-corrected chi connectivity index (χ1v) is 7.91. The maximum absolute atomic E-state index is 12.7. The molecule has 0 fully saturated rings. The molecule has 0 radical (unpaired) electrons.